The summed E-state index contributed by atoms with van der Waals surface area (Å²) >= 11 is 5.24. The molecule has 0 radical (unpaired) electrons. The molecule has 7 nitrogen and oxygen atoms in total. The highest BCUT2D eigenvalue weighted by Gasteiger charge is 2.32. The number of imidazole rings is 1. The maximum atomic E-state index is 12.8. The average molecular weight is 429 g/mol. The molecule has 29 heavy (non-hydrogen) atoms. The van der Waals surface area contributed by atoms with Crippen LogP contribution < -0.4 is 9.62 Å². The number of carbonyl (C=O) groups excluding carboxylic acids is 1. The first-order valence-electron chi connectivity index (χ1n) is 9.04. The van der Waals surface area contributed by atoms with Gasteiger partial charge in [-0.1, -0.05) is 6.07 Å². The van der Waals surface area contributed by atoms with Gasteiger partial charge in [0.1, 0.15) is 0 Å². The summed E-state index contributed by atoms with van der Waals surface area (Å²) < 4.78 is 27.9. The SMILES string of the molecule is CC1Cc2cc(C(=O)Nc3cccc(-n4cc[nH]c4=S)c3)ccc2N1S(C)(=O)=O. The zero-order chi connectivity index (χ0) is 20.8. The van der Waals surface area contributed by atoms with E-state index < -0.39 is 10.0 Å². The molecule has 0 spiro atoms. The molecule has 2 N–H and O–H groups in total. The van der Waals surface area contributed by atoms with Crippen LogP contribution in [0.25, 0.3) is 5.69 Å². The standard InChI is InChI=1S/C20H20N4O3S2/c1-13-10-15-11-14(6-7-18(15)24(13)29(2,26)27)19(25)22-16-4-3-5-17(12-16)23-9-8-21-20(23)28/h3-9,11-13H,10H2,1-2H3,(H,21,28)(H,22,25). The van der Waals surface area contributed by atoms with E-state index >= 15 is 0 Å². The van der Waals surface area contributed by atoms with Gasteiger partial charge >= 0.3 is 0 Å². The number of rotatable bonds is 4. The van der Waals surface area contributed by atoms with Crippen molar-refractivity contribution in [2.24, 2.45) is 0 Å². The van der Waals surface area contributed by atoms with E-state index in [1.165, 1.54) is 10.6 Å². The fraction of sp³-hybridized carbons (Fsp3) is 0.200. The van der Waals surface area contributed by atoms with Gasteiger partial charge in [0.05, 0.1) is 11.9 Å². The molecule has 1 unspecified atom stereocenters. The minimum atomic E-state index is -3.36. The molecule has 4 rings (SSSR count). The van der Waals surface area contributed by atoms with Gasteiger partial charge in [0, 0.05) is 35.4 Å². The van der Waals surface area contributed by atoms with Crippen molar-refractivity contribution in [1.29, 1.82) is 0 Å². The second kappa shape index (κ2) is 7.16. The summed E-state index contributed by atoms with van der Waals surface area (Å²) in [5.74, 6) is -0.256. The van der Waals surface area contributed by atoms with Gasteiger partial charge in [-0.3, -0.25) is 13.7 Å². The zero-order valence-corrected chi connectivity index (χ0v) is 17.5. The monoisotopic (exact) mass is 428 g/mol. The molecule has 1 aliphatic rings. The molecule has 9 heteroatoms. The Bertz CT molecular complexity index is 1260. The van der Waals surface area contributed by atoms with Crippen LogP contribution in [0.4, 0.5) is 11.4 Å². The van der Waals surface area contributed by atoms with E-state index in [1.54, 1.807) is 30.5 Å². The molecule has 0 saturated heterocycles. The molecule has 1 atom stereocenters. The van der Waals surface area contributed by atoms with Crippen LogP contribution in [-0.4, -0.2) is 36.2 Å². The number of carbonyl (C=O) groups is 1. The van der Waals surface area contributed by atoms with E-state index in [-0.39, 0.29) is 11.9 Å². The number of aromatic amines is 1. The highest BCUT2D eigenvalue weighted by molar-refractivity contribution is 7.92. The fourth-order valence-corrected chi connectivity index (χ4v) is 5.21. The Morgan fingerprint density at radius 1 is 1.24 bits per heavy atom. The Hall–Kier alpha value is -2.91. The summed E-state index contributed by atoms with van der Waals surface area (Å²) in [5.41, 5.74) is 3.45. The summed E-state index contributed by atoms with van der Waals surface area (Å²) in [6.45, 7) is 1.86. The number of H-pyrrole nitrogens is 1. The number of hydrogen-bond donors (Lipinski definition) is 2. The predicted octanol–water partition coefficient (Wildman–Crippen LogP) is 3.50. The molecule has 1 amide bonds. The minimum absolute atomic E-state index is 0.166. The third-order valence-electron chi connectivity index (χ3n) is 4.88. The molecule has 0 fully saturated rings. The summed E-state index contributed by atoms with van der Waals surface area (Å²) in [5, 5.41) is 2.90. The van der Waals surface area contributed by atoms with Crippen LogP contribution in [-0.2, 0) is 16.4 Å². The fourth-order valence-electron chi connectivity index (χ4n) is 3.71. The van der Waals surface area contributed by atoms with Crippen molar-refractivity contribution in [3.63, 3.8) is 0 Å². The average Bonchev–Trinajstić information content (AvgIpc) is 3.22. The van der Waals surface area contributed by atoms with Gasteiger partial charge in [0.25, 0.3) is 5.91 Å². The predicted molar refractivity (Wildman–Crippen MR) is 116 cm³/mol. The Morgan fingerprint density at radius 3 is 2.72 bits per heavy atom. The summed E-state index contributed by atoms with van der Waals surface area (Å²) in [7, 11) is -3.36. The van der Waals surface area contributed by atoms with Crippen LogP contribution in [0.15, 0.2) is 54.9 Å². The summed E-state index contributed by atoms with van der Waals surface area (Å²) in [4.78, 5) is 15.7. The Morgan fingerprint density at radius 2 is 2.03 bits per heavy atom. The number of nitrogens with zero attached hydrogens (tertiary/aromatic N) is 2. The van der Waals surface area contributed by atoms with Crippen LogP contribution >= 0.6 is 12.2 Å². The van der Waals surface area contributed by atoms with Gasteiger partial charge < -0.3 is 10.3 Å². The highest BCUT2D eigenvalue weighted by Crippen LogP contribution is 2.34. The summed E-state index contributed by atoms with van der Waals surface area (Å²) in [6.07, 6.45) is 5.34. The number of benzene rings is 2. The van der Waals surface area contributed by atoms with E-state index in [9.17, 15) is 13.2 Å². The largest absolute Gasteiger partial charge is 0.337 e. The van der Waals surface area contributed by atoms with Crippen molar-refractivity contribution in [2.45, 2.75) is 19.4 Å². The van der Waals surface area contributed by atoms with E-state index in [4.69, 9.17) is 12.2 Å². The molecule has 150 valence electrons. The Balaban J connectivity index is 1.59. The van der Waals surface area contributed by atoms with Crippen molar-refractivity contribution in [3.8, 4) is 5.69 Å². The third-order valence-corrected chi connectivity index (χ3v) is 6.47. The minimum Gasteiger partial charge on any atom is -0.337 e. The first-order chi connectivity index (χ1) is 13.7. The molecule has 0 bridgehead atoms. The van der Waals surface area contributed by atoms with Crippen LogP contribution in [0.1, 0.15) is 22.8 Å². The molecular formula is C20H20N4O3S2. The summed E-state index contributed by atoms with van der Waals surface area (Å²) in [6, 6.07) is 12.3. The van der Waals surface area contributed by atoms with Crippen molar-refractivity contribution in [2.75, 3.05) is 15.9 Å². The molecule has 3 aromatic rings. The van der Waals surface area contributed by atoms with Crippen LogP contribution in [0.3, 0.4) is 0 Å². The van der Waals surface area contributed by atoms with Crippen LogP contribution in [0, 0.1) is 4.77 Å². The third kappa shape index (κ3) is 3.70. The van der Waals surface area contributed by atoms with E-state index in [0.29, 0.717) is 28.1 Å². The highest BCUT2D eigenvalue weighted by atomic mass is 32.2. The maximum Gasteiger partial charge on any atom is 0.255 e. The lowest BCUT2D eigenvalue weighted by molar-refractivity contribution is 0.102. The normalized spacial score (nSPS) is 15.9. The molecule has 0 saturated carbocycles. The Labute approximate surface area is 174 Å². The van der Waals surface area contributed by atoms with Gasteiger partial charge in [-0.2, -0.15) is 0 Å². The van der Waals surface area contributed by atoms with Crippen LogP contribution in [0.5, 0.6) is 0 Å². The number of aromatic nitrogens is 2. The number of amides is 1. The topological polar surface area (TPSA) is 87.2 Å². The lowest BCUT2D eigenvalue weighted by Gasteiger charge is -2.21. The van der Waals surface area contributed by atoms with Crippen molar-refractivity contribution < 1.29 is 13.2 Å². The molecular weight excluding hydrogens is 408 g/mol. The molecule has 2 aromatic carbocycles. The Kier molecular flexibility index (Phi) is 4.79. The van der Waals surface area contributed by atoms with Crippen LogP contribution in [0.2, 0.25) is 0 Å². The lowest BCUT2D eigenvalue weighted by Crippen LogP contribution is -2.34. The number of fused-ring (bicyclic) bond motifs is 1. The van der Waals surface area contributed by atoms with Gasteiger partial charge in [0.15, 0.2) is 4.77 Å². The smallest absolute Gasteiger partial charge is 0.255 e. The molecule has 2 heterocycles. The van der Waals surface area contributed by atoms with Gasteiger partial charge in [-0.25, -0.2) is 8.42 Å². The van der Waals surface area contributed by atoms with Gasteiger partial charge in [-0.15, -0.1) is 0 Å². The number of hydrogen-bond acceptors (Lipinski definition) is 4. The zero-order valence-electron chi connectivity index (χ0n) is 15.9. The van der Waals surface area contributed by atoms with E-state index in [2.05, 4.69) is 10.3 Å². The second-order valence-corrected chi connectivity index (χ2v) is 9.34. The number of anilines is 2. The first kappa shape index (κ1) is 19.4. The van der Waals surface area contributed by atoms with E-state index in [1.807, 2.05) is 35.9 Å². The second-order valence-electron chi connectivity index (χ2n) is 7.10. The lowest BCUT2D eigenvalue weighted by atomic mass is 10.1. The molecule has 0 aliphatic carbocycles. The quantitative estimate of drug-likeness (QED) is 0.623. The molecule has 1 aromatic heterocycles. The molecule has 1 aliphatic heterocycles. The number of sulfonamides is 1. The van der Waals surface area contributed by atoms with Gasteiger partial charge in [-0.05, 0) is 67.5 Å². The van der Waals surface area contributed by atoms with Gasteiger partial charge in [0.2, 0.25) is 10.0 Å². The first-order valence-corrected chi connectivity index (χ1v) is 11.3. The number of nitrogens with one attached hydrogen (secondary N) is 2. The van der Waals surface area contributed by atoms with Crippen molar-refractivity contribution >= 4 is 39.5 Å². The van der Waals surface area contributed by atoms with E-state index in [0.717, 1.165) is 11.3 Å². The van der Waals surface area contributed by atoms with Crippen molar-refractivity contribution in [1.82, 2.24) is 9.55 Å². The van der Waals surface area contributed by atoms with Crippen molar-refractivity contribution in [3.05, 3.63) is 70.8 Å². The maximum absolute atomic E-state index is 12.8.